The van der Waals surface area contributed by atoms with Crippen molar-refractivity contribution in [3.8, 4) is 0 Å². The number of β-amino-alcohol motifs (C(OH)–C–C–N with tert-alkyl or cyclic N) is 1. The van der Waals surface area contributed by atoms with Crippen LogP contribution in [-0.4, -0.2) is 82.8 Å². The summed E-state index contributed by atoms with van der Waals surface area (Å²) in [5.41, 5.74) is 2.05. The van der Waals surface area contributed by atoms with Crippen LogP contribution in [0.25, 0.3) is 12.2 Å². The Morgan fingerprint density at radius 1 is 1.14 bits per heavy atom. The van der Waals surface area contributed by atoms with Crippen molar-refractivity contribution < 1.29 is 14.2 Å². The largest absolute Gasteiger partial charge is 0.390 e. The van der Waals surface area contributed by atoms with E-state index in [0.29, 0.717) is 62.1 Å². The average molecular weight is 480 g/mol. The number of hydrogen-bond donors (Lipinski definition) is 3. The first-order valence-electron chi connectivity index (χ1n) is 12.0. The molecule has 35 heavy (non-hydrogen) atoms. The summed E-state index contributed by atoms with van der Waals surface area (Å²) >= 11 is 0. The number of anilines is 2. The lowest BCUT2D eigenvalue weighted by molar-refractivity contribution is 0.0171. The van der Waals surface area contributed by atoms with E-state index in [4.69, 9.17) is 4.74 Å². The quantitative estimate of drug-likeness (QED) is 0.504. The van der Waals surface area contributed by atoms with Crippen LogP contribution in [0.1, 0.15) is 24.2 Å². The van der Waals surface area contributed by atoms with Crippen LogP contribution in [0.15, 0.2) is 40.9 Å². The number of morpholine rings is 1. The molecule has 1 aromatic carbocycles. The van der Waals surface area contributed by atoms with Crippen molar-refractivity contribution in [3.05, 3.63) is 53.1 Å². The predicted octanol–water partition coefficient (Wildman–Crippen LogP) is 2.45. The molecule has 1 aliphatic carbocycles. The van der Waals surface area contributed by atoms with Gasteiger partial charge in [0.15, 0.2) is 5.82 Å². The fraction of sp³-hybridized carbons (Fsp3) is 0.440. The molecule has 0 spiro atoms. The zero-order valence-corrected chi connectivity index (χ0v) is 19.5. The number of rotatable bonds is 9. The smallest absolute Gasteiger partial charge is 0.233 e. The first-order valence-corrected chi connectivity index (χ1v) is 12.0. The second-order valence-corrected chi connectivity index (χ2v) is 9.00. The van der Waals surface area contributed by atoms with Gasteiger partial charge in [-0.15, -0.1) is 0 Å². The number of aromatic nitrogens is 3. The molecular formula is C25H30FN7O2. The van der Waals surface area contributed by atoms with E-state index >= 15 is 0 Å². The van der Waals surface area contributed by atoms with Crippen molar-refractivity contribution in [1.29, 1.82) is 0 Å². The van der Waals surface area contributed by atoms with Gasteiger partial charge in [0.2, 0.25) is 11.9 Å². The molecule has 184 valence electrons. The van der Waals surface area contributed by atoms with E-state index in [0.717, 1.165) is 18.9 Å². The molecular weight excluding hydrogens is 449 g/mol. The molecule has 0 radical (unpaired) electrons. The number of ether oxygens (including phenoxy) is 1. The molecule has 3 aliphatic rings. The number of halogens is 1. The molecule has 10 heteroatoms. The van der Waals surface area contributed by atoms with Gasteiger partial charge >= 0.3 is 0 Å². The topological polar surface area (TPSA) is 108 Å². The lowest BCUT2D eigenvalue weighted by Crippen LogP contribution is -2.42. The summed E-state index contributed by atoms with van der Waals surface area (Å²) in [5, 5.41) is 16.8. The fourth-order valence-corrected chi connectivity index (χ4v) is 4.07. The molecule has 1 saturated heterocycles. The summed E-state index contributed by atoms with van der Waals surface area (Å²) < 4.78 is 18.9. The summed E-state index contributed by atoms with van der Waals surface area (Å²) in [6, 6.07) is 6.30. The van der Waals surface area contributed by atoms with Gasteiger partial charge in [-0.2, -0.15) is 15.0 Å². The Balaban J connectivity index is 1.29. The van der Waals surface area contributed by atoms with Crippen LogP contribution in [0.4, 0.5) is 16.3 Å². The molecule has 1 saturated carbocycles. The molecule has 2 aromatic rings. The highest BCUT2D eigenvalue weighted by molar-refractivity contribution is 6.05. The Hall–Kier alpha value is -3.21. The summed E-state index contributed by atoms with van der Waals surface area (Å²) in [4.78, 5) is 20.2. The summed E-state index contributed by atoms with van der Waals surface area (Å²) in [6.07, 6.45) is 7.40. The van der Waals surface area contributed by atoms with Gasteiger partial charge in [0.05, 0.1) is 25.9 Å². The van der Waals surface area contributed by atoms with E-state index in [9.17, 15) is 9.50 Å². The monoisotopic (exact) mass is 479 g/mol. The van der Waals surface area contributed by atoms with Gasteiger partial charge in [0.1, 0.15) is 11.7 Å². The Labute approximate surface area is 203 Å². The Morgan fingerprint density at radius 3 is 2.77 bits per heavy atom. The third kappa shape index (κ3) is 6.91. The van der Waals surface area contributed by atoms with Crippen molar-refractivity contribution >= 4 is 29.9 Å². The van der Waals surface area contributed by atoms with Gasteiger partial charge < -0.3 is 20.5 Å². The standard InChI is InChI=1S/C25H30FN7O2/c26-20-3-1-2-17(12-20)4-7-22-29-24(28-15-21(34)16-33-8-10-35-11-9-33)32-25(30-22)31-23-13-19(14-27-23)18-5-6-18/h1-4,7,12-13,18,21,34H,5-6,8-11,14-16H2,(H2,27,28,29,30,31,32)/b7-4+. The third-order valence-electron chi connectivity index (χ3n) is 6.09. The number of nitrogens with one attached hydrogen (secondary N) is 2. The fourth-order valence-electron chi connectivity index (χ4n) is 4.07. The van der Waals surface area contributed by atoms with E-state index in [1.165, 1.54) is 30.5 Å². The molecule has 1 aromatic heterocycles. The molecule has 3 heterocycles. The maximum atomic E-state index is 13.5. The van der Waals surface area contributed by atoms with E-state index in [1.807, 2.05) is 0 Å². The molecule has 1 unspecified atom stereocenters. The highest BCUT2D eigenvalue weighted by Crippen LogP contribution is 2.37. The number of aliphatic imine (C=N–C) groups is 1. The molecule has 1 atom stereocenters. The lowest BCUT2D eigenvalue weighted by atomic mass is 10.2. The first-order chi connectivity index (χ1) is 17.1. The van der Waals surface area contributed by atoms with Crippen LogP contribution in [-0.2, 0) is 4.74 Å². The van der Waals surface area contributed by atoms with Crippen molar-refractivity contribution in [3.63, 3.8) is 0 Å². The Bertz CT molecular complexity index is 1130. The van der Waals surface area contributed by atoms with Crippen molar-refractivity contribution in [2.24, 2.45) is 10.9 Å². The minimum Gasteiger partial charge on any atom is -0.390 e. The van der Waals surface area contributed by atoms with Crippen LogP contribution in [0.2, 0.25) is 0 Å². The number of amidine groups is 1. The molecule has 0 amide bonds. The van der Waals surface area contributed by atoms with Crippen LogP contribution in [0.5, 0.6) is 0 Å². The molecule has 0 bridgehead atoms. The highest BCUT2D eigenvalue weighted by Gasteiger charge is 2.28. The zero-order chi connectivity index (χ0) is 24.0. The van der Waals surface area contributed by atoms with Gasteiger partial charge in [-0.1, -0.05) is 18.2 Å². The van der Waals surface area contributed by atoms with E-state index in [2.05, 4.69) is 41.6 Å². The minimum absolute atomic E-state index is 0.292. The molecule has 2 fully saturated rings. The van der Waals surface area contributed by atoms with Gasteiger partial charge in [-0.05, 0) is 54.2 Å². The summed E-state index contributed by atoms with van der Waals surface area (Å²) in [6.45, 7) is 4.54. The second kappa shape index (κ2) is 11.0. The van der Waals surface area contributed by atoms with Gasteiger partial charge in [-0.25, -0.2) is 4.39 Å². The van der Waals surface area contributed by atoms with Gasteiger partial charge in [-0.3, -0.25) is 9.89 Å². The Kier molecular flexibility index (Phi) is 7.41. The maximum Gasteiger partial charge on any atom is 0.233 e. The van der Waals surface area contributed by atoms with Crippen LogP contribution < -0.4 is 10.6 Å². The van der Waals surface area contributed by atoms with Gasteiger partial charge in [0.25, 0.3) is 0 Å². The average Bonchev–Trinajstić information content (AvgIpc) is 3.61. The molecule has 5 rings (SSSR count). The van der Waals surface area contributed by atoms with Crippen LogP contribution in [0.3, 0.4) is 0 Å². The van der Waals surface area contributed by atoms with Gasteiger partial charge in [0, 0.05) is 26.2 Å². The Morgan fingerprint density at radius 2 is 1.97 bits per heavy atom. The zero-order valence-electron chi connectivity index (χ0n) is 19.5. The highest BCUT2D eigenvalue weighted by atomic mass is 19.1. The normalized spacial score (nSPS) is 19.5. The van der Waals surface area contributed by atoms with Crippen molar-refractivity contribution in [2.75, 3.05) is 56.6 Å². The lowest BCUT2D eigenvalue weighted by Gasteiger charge is -2.28. The number of benzene rings is 1. The van der Waals surface area contributed by atoms with Crippen LogP contribution in [0, 0.1) is 11.7 Å². The second-order valence-electron chi connectivity index (χ2n) is 9.00. The minimum atomic E-state index is -0.587. The number of nitrogens with zero attached hydrogens (tertiary/aromatic N) is 5. The van der Waals surface area contributed by atoms with Crippen molar-refractivity contribution in [1.82, 2.24) is 19.9 Å². The van der Waals surface area contributed by atoms with Crippen molar-refractivity contribution in [2.45, 2.75) is 18.9 Å². The van der Waals surface area contributed by atoms with E-state index < -0.39 is 6.10 Å². The number of hydrogen-bond acceptors (Lipinski definition) is 9. The number of aliphatic hydroxyl groups excluding tert-OH is 1. The van der Waals surface area contributed by atoms with E-state index in [-0.39, 0.29) is 5.82 Å². The van der Waals surface area contributed by atoms with E-state index in [1.54, 1.807) is 24.3 Å². The SMILES string of the molecule is OC(CNc1nc(/C=C/c2cccc(F)c2)nc(NC2=NCC(C3CC3)=C2)n1)CN1CCOCC1. The van der Waals surface area contributed by atoms with Crippen LogP contribution >= 0.6 is 0 Å². The predicted molar refractivity (Wildman–Crippen MR) is 134 cm³/mol. The molecule has 9 nitrogen and oxygen atoms in total. The molecule has 2 aliphatic heterocycles. The summed E-state index contributed by atoms with van der Waals surface area (Å²) in [7, 11) is 0. The molecule has 3 N–H and O–H groups in total. The maximum absolute atomic E-state index is 13.5. The number of aliphatic hydroxyl groups is 1. The first kappa shape index (κ1) is 23.5. The summed E-state index contributed by atoms with van der Waals surface area (Å²) in [5.74, 6) is 2.19. The third-order valence-corrected chi connectivity index (χ3v) is 6.09.